The van der Waals surface area contributed by atoms with Crippen molar-refractivity contribution in [1.29, 1.82) is 0 Å². The highest BCUT2D eigenvalue weighted by Gasteiger charge is 2.25. The first-order valence-corrected chi connectivity index (χ1v) is 8.21. The Morgan fingerprint density at radius 1 is 1.21 bits per heavy atom. The molecule has 128 valence electrons. The number of aliphatic hydroxyl groups excluding tert-OH is 1. The molecule has 24 heavy (non-hydrogen) atoms. The Kier molecular flexibility index (Phi) is 6.73. The maximum atomic E-state index is 12.2. The average molecular weight is 329 g/mol. The molecule has 1 aromatic carbocycles. The van der Waals surface area contributed by atoms with Gasteiger partial charge in [-0.15, -0.1) is 0 Å². The van der Waals surface area contributed by atoms with Gasteiger partial charge in [-0.05, 0) is 24.8 Å². The number of hydrogen-bond acceptors (Lipinski definition) is 5. The van der Waals surface area contributed by atoms with Crippen molar-refractivity contribution in [2.75, 3.05) is 13.7 Å². The summed E-state index contributed by atoms with van der Waals surface area (Å²) in [6.45, 7) is 0.570. The van der Waals surface area contributed by atoms with E-state index in [1.165, 1.54) is 12.7 Å². The molecule has 5 heteroatoms. The zero-order valence-electron chi connectivity index (χ0n) is 14.0. The SMILES string of the molecule is COC(=O)CC/C(O)=C1\C(=O)CCCC1=NCCc1ccccc1. The zero-order valence-corrected chi connectivity index (χ0v) is 14.0. The van der Waals surface area contributed by atoms with Crippen LogP contribution in [0.4, 0.5) is 0 Å². The largest absolute Gasteiger partial charge is 0.511 e. The van der Waals surface area contributed by atoms with Gasteiger partial charge in [0, 0.05) is 25.1 Å². The number of nitrogens with zero attached hydrogens (tertiary/aromatic N) is 1. The summed E-state index contributed by atoms with van der Waals surface area (Å²) < 4.78 is 4.57. The molecule has 0 saturated heterocycles. The van der Waals surface area contributed by atoms with Crippen LogP contribution in [0.1, 0.15) is 37.7 Å². The topological polar surface area (TPSA) is 76.0 Å². The highest BCUT2D eigenvalue weighted by atomic mass is 16.5. The summed E-state index contributed by atoms with van der Waals surface area (Å²) in [6, 6.07) is 10.0. The van der Waals surface area contributed by atoms with Crippen LogP contribution in [0.3, 0.4) is 0 Å². The first kappa shape index (κ1) is 17.9. The van der Waals surface area contributed by atoms with Crippen LogP contribution in [0.15, 0.2) is 46.7 Å². The molecule has 1 fully saturated rings. The summed E-state index contributed by atoms with van der Waals surface area (Å²) in [5.74, 6) is -0.557. The first-order chi connectivity index (χ1) is 11.6. The van der Waals surface area contributed by atoms with Crippen molar-refractivity contribution >= 4 is 17.5 Å². The first-order valence-electron chi connectivity index (χ1n) is 8.21. The third kappa shape index (κ3) is 5.05. The number of ketones is 1. The van der Waals surface area contributed by atoms with Gasteiger partial charge >= 0.3 is 5.97 Å². The summed E-state index contributed by atoms with van der Waals surface area (Å²) in [5, 5.41) is 10.2. The van der Waals surface area contributed by atoms with Gasteiger partial charge in [0.15, 0.2) is 5.78 Å². The van der Waals surface area contributed by atoms with E-state index in [2.05, 4.69) is 9.73 Å². The molecule has 2 rings (SSSR count). The summed E-state index contributed by atoms with van der Waals surface area (Å²) in [7, 11) is 1.30. The highest BCUT2D eigenvalue weighted by molar-refractivity contribution is 6.24. The monoisotopic (exact) mass is 329 g/mol. The molecule has 0 aromatic heterocycles. The standard InChI is InChI=1S/C19H23NO4/c1-24-18(23)11-10-17(22)19-15(8-5-9-16(19)21)20-13-12-14-6-3-2-4-7-14/h2-4,6-7,22H,5,8-13H2,1H3/b19-17+,20-15?. The number of methoxy groups -OCH3 is 1. The lowest BCUT2D eigenvalue weighted by Gasteiger charge is -2.18. The number of hydrogen-bond donors (Lipinski definition) is 1. The molecular weight excluding hydrogens is 306 g/mol. The number of aliphatic imine (C=N–C) groups is 1. The molecule has 1 aromatic rings. The second-order valence-corrected chi connectivity index (χ2v) is 5.74. The molecule has 1 N–H and O–H groups in total. The van der Waals surface area contributed by atoms with Gasteiger partial charge in [0.25, 0.3) is 0 Å². The van der Waals surface area contributed by atoms with E-state index in [9.17, 15) is 14.7 Å². The second-order valence-electron chi connectivity index (χ2n) is 5.74. The van der Waals surface area contributed by atoms with Crippen molar-refractivity contribution in [2.45, 2.75) is 38.5 Å². The van der Waals surface area contributed by atoms with E-state index >= 15 is 0 Å². The number of benzene rings is 1. The minimum absolute atomic E-state index is 0.0520. The third-order valence-corrected chi connectivity index (χ3v) is 4.01. The second kappa shape index (κ2) is 9.01. The van der Waals surface area contributed by atoms with E-state index in [4.69, 9.17) is 0 Å². The number of esters is 1. The van der Waals surface area contributed by atoms with Crippen molar-refractivity contribution in [3.63, 3.8) is 0 Å². The molecule has 5 nitrogen and oxygen atoms in total. The third-order valence-electron chi connectivity index (χ3n) is 4.01. The lowest BCUT2D eigenvalue weighted by atomic mass is 9.89. The van der Waals surface area contributed by atoms with Crippen LogP contribution in [0, 0.1) is 0 Å². The number of aliphatic hydroxyl groups is 1. The maximum absolute atomic E-state index is 12.2. The van der Waals surface area contributed by atoms with Crippen LogP contribution in [0.5, 0.6) is 0 Å². The fourth-order valence-corrected chi connectivity index (χ4v) is 2.73. The van der Waals surface area contributed by atoms with Crippen molar-refractivity contribution in [3.8, 4) is 0 Å². The molecule has 0 bridgehead atoms. The molecule has 0 radical (unpaired) electrons. The van der Waals surface area contributed by atoms with Crippen molar-refractivity contribution in [3.05, 3.63) is 47.2 Å². The van der Waals surface area contributed by atoms with Gasteiger partial charge in [-0.3, -0.25) is 14.6 Å². The van der Waals surface area contributed by atoms with E-state index in [1.807, 2.05) is 30.3 Å². The summed E-state index contributed by atoms with van der Waals surface area (Å²) in [5.41, 5.74) is 2.15. The Morgan fingerprint density at radius 2 is 1.96 bits per heavy atom. The van der Waals surface area contributed by atoms with Crippen molar-refractivity contribution in [1.82, 2.24) is 0 Å². The molecule has 1 aliphatic rings. The van der Waals surface area contributed by atoms with Crippen LogP contribution in [0.25, 0.3) is 0 Å². The lowest BCUT2D eigenvalue weighted by molar-refractivity contribution is -0.140. The lowest BCUT2D eigenvalue weighted by Crippen LogP contribution is -2.22. The van der Waals surface area contributed by atoms with Gasteiger partial charge in [-0.25, -0.2) is 0 Å². The number of rotatable bonds is 6. The Balaban J connectivity index is 2.08. The number of allylic oxidation sites excluding steroid dienone is 2. The van der Waals surface area contributed by atoms with Crippen LogP contribution >= 0.6 is 0 Å². The fourth-order valence-electron chi connectivity index (χ4n) is 2.73. The van der Waals surface area contributed by atoms with Gasteiger partial charge in [0.2, 0.25) is 0 Å². The summed E-state index contributed by atoms with van der Waals surface area (Å²) in [6.07, 6.45) is 2.78. The number of carbonyl (C=O) groups excluding carboxylic acids is 2. The quantitative estimate of drug-likeness (QED) is 0.494. The molecule has 0 heterocycles. The van der Waals surface area contributed by atoms with E-state index in [-0.39, 0.29) is 24.4 Å². The van der Waals surface area contributed by atoms with E-state index in [0.29, 0.717) is 30.7 Å². The molecule has 0 atom stereocenters. The smallest absolute Gasteiger partial charge is 0.305 e. The van der Waals surface area contributed by atoms with Crippen LogP contribution in [-0.4, -0.2) is 36.2 Å². The number of Topliss-reactive ketones (excluding diaryl/α,β-unsaturated/α-hetero) is 1. The molecule has 0 aliphatic heterocycles. The Hall–Kier alpha value is -2.43. The summed E-state index contributed by atoms with van der Waals surface area (Å²) >= 11 is 0. The maximum Gasteiger partial charge on any atom is 0.305 e. The van der Waals surface area contributed by atoms with Crippen molar-refractivity contribution in [2.24, 2.45) is 4.99 Å². The van der Waals surface area contributed by atoms with Gasteiger partial charge < -0.3 is 9.84 Å². The van der Waals surface area contributed by atoms with Gasteiger partial charge in [0.1, 0.15) is 5.76 Å². The predicted molar refractivity (Wildman–Crippen MR) is 92.2 cm³/mol. The van der Waals surface area contributed by atoms with Crippen molar-refractivity contribution < 1.29 is 19.4 Å². The number of ether oxygens (including phenoxy) is 1. The van der Waals surface area contributed by atoms with Crippen LogP contribution in [-0.2, 0) is 20.7 Å². The van der Waals surface area contributed by atoms with Crippen LogP contribution < -0.4 is 0 Å². The average Bonchev–Trinajstić information content (AvgIpc) is 2.60. The molecule has 0 amide bonds. The van der Waals surface area contributed by atoms with Crippen LogP contribution in [0.2, 0.25) is 0 Å². The minimum atomic E-state index is -0.409. The van der Waals surface area contributed by atoms with E-state index in [0.717, 1.165) is 12.8 Å². The fraction of sp³-hybridized carbons (Fsp3) is 0.421. The van der Waals surface area contributed by atoms with E-state index < -0.39 is 5.97 Å². The zero-order chi connectivity index (χ0) is 17.4. The highest BCUT2D eigenvalue weighted by Crippen LogP contribution is 2.22. The Bertz CT molecular complexity index is 647. The molecule has 1 saturated carbocycles. The Labute approximate surface area is 142 Å². The Morgan fingerprint density at radius 3 is 2.67 bits per heavy atom. The molecule has 0 spiro atoms. The van der Waals surface area contributed by atoms with Gasteiger partial charge in [0.05, 0.1) is 19.1 Å². The molecule has 1 aliphatic carbocycles. The number of carbonyl (C=O) groups is 2. The minimum Gasteiger partial charge on any atom is -0.511 e. The van der Waals surface area contributed by atoms with Gasteiger partial charge in [-0.2, -0.15) is 0 Å². The molecular formula is C19H23NO4. The van der Waals surface area contributed by atoms with Gasteiger partial charge in [-0.1, -0.05) is 30.3 Å². The van der Waals surface area contributed by atoms with E-state index in [1.54, 1.807) is 0 Å². The predicted octanol–water partition coefficient (Wildman–Crippen LogP) is 3.19. The normalized spacial score (nSPS) is 18.5. The molecule has 0 unspecified atom stereocenters. The summed E-state index contributed by atoms with van der Waals surface area (Å²) in [4.78, 5) is 27.9.